The Morgan fingerprint density at radius 2 is 1.85 bits per heavy atom. The molecule has 1 aromatic rings. The van der Waals surface area contributed by atoms with E-state index in [9.17, 15) is 0 Å². The third-order valence-electron chi connectivity index (χ3n) is 3.92. The van der Waals surface area contributed by atoms with Gasteiger partial charge in [-0.3, -0.25) is 0 Å². The van der Waals surface area contributed by atoms with Gasteiger partial charge < -0.3 is 15.0 Å². The van der Waals surface area contributed by atoms with Crippen molar-refractivity contribution in [2.24, 2.45) is 5.92 Å². The van der Waals surface area contributed by atoms with Crippen LogP contribution in [0.25, 0.3) is 0 Å². The molecule has 1 rings (SSSR count). The van der Waals surface area contributed by atoms with Gasteiger partial charge in [0, 0.05) is 24.2 Å². The van der Waals surface area contributed by atoms with Gasteiger partial charge in [-0.1, -0.05) is 31.5 Å². The first kappa shape index (κ1) is 17.0. The van der Waals surface area contributed by atoms with E-state index in [1.807, 2.05) is 0 Å². The molecule has 1 aromatic carbocycles. The Kier molecular flexibility index (Phi) is 6.50. The maximum Gasteiger partial charge on any atom is 0.123 e. The van der Waals surface area contributed by atoms with Crippen molar-refractivity contribution in [2.75, 3.05) is 27.7 Å². The summed E-state index contributed by atoms with van der Waals surface area (Å²) in [6.07, 6.45) is 0. The van der Waals surface area contributed by atoms with E-state index in [-0.39, 0.29) is 6.04 Å². The smallest absolute Gasteiger partial charge is 0.123 e. The van der Waals surface area contributed by atoms with Crippen molar-refractivity contribution in [3.8, 4) is 5.75 Å². The minimum atomic E-state index is 0.283. The molecule has 0 amide bonds. The van der Waals surface area contributed by atoms with Gasteiger partial charge in [-0.2, -0.15) is 0 Å². The van der Waals surface area contributed by atoms with Crippen LogP contribution in [0.2, 0.25) is 0 Å². The van der Waals surface area contributed by atoms with Crippen LogP contribution in [-0.4, -0.2) is 38.7 Å². The van der Waals surface area contributed by atoms with E-state index in [2.05, 4.69) is 70.2 Å². The Morgan fingerprint density at radius 3 is 2.35 bits per heavy atom. The highest BCUT2D eigenvalue weighted by Crippen LogP contribution is 2.26. The summed E-state index contributed by atoms with van der Waals surface area (Å²) < 4.78 is 5.47. The van der Waals surface area contributed by atoms with Gasteiger partial charge in [0.25, 0.3) is 0 Å². The molecular weight excluding hydrogens is 248 g/mol. The maximum atomic E-state index is 5.47. The normalized spacial score (nSPS) is 14.7. The summed E-state index contributed by atoms with van der Waals surface area (Å²) in [5, 5.41) is 3.64. The lowest BCUT2D eigenvalue weighted by atomic mass is 10.0. The molecule has 0 heterocycles. The van der Waals surface area contributed by atoms with Crippen molar-refractivity contribution in [3.05, 3.63) is 29.3 Å². The van der Waals surface area contributed by atoms with Crippen molar-refractivity contribution in [2.45, 2.75) is 39.8 Å². The zero-order chi connectivity index (χ0) is 15.3. The van der Waals surface area contributed by atoms with Crippen LogP contribution in [0.15, 0.2) is 18.2 Å². The minimum absolute atomic E-state index is 0.283. The van der Waals surface area contributed by atoms with E-state index in [1.54, 1.807) is 7.11 Å². The van der Waals surface area contributed by atoms with Gasteiger partial charge in [-0.05, 0) is 39.9 Å². The minimum Gasteiger partial charge on any atom is -0.496 e. The number of likely N-dealkylation sites (N-methyl/N-ethyl adjacent to an activating group) is 1. The summed E-state index contributed by atoms with van der Waals surface area (Å²) in [7, 11) is 6.02. The first-order valence-electron chi connectivity index (χ1n) is 7.41. The fraction of sp³-hybridized carbons (Fsp3) is 0.647. The van der Waals surface area contributed by atoms with Crippen LogP contribution >= 0.6 is 0 Å². The standard InChI is InChI=1S/C17H30N2O/c1-12(2)16(19(5)6)11-18-14(4)15-10-13(3)8-9-17(15)20-7/h8-10,12,14,16,18H,11H2,1-7H3. The van der Waals surface area contributed by atoms with Crippen LogP contribution < -0.4 is 10.1 Å². The Labute approximate surface area is 124 Å². The van der Waals surface area contributed by atoms with Gasteiger partial charge in [-0.15, -0.1) is 0 Å². The van der Waals surface area contributed by atoms with E-state index in [1.165, 1.54) is 11.1 Å². The average Bonchev–Trinajstić information content (AvgIpc) is 2.37. The predicted octanol–water partition coefficient (Wildman–Crippen LogP) is 3.24. The average molecular weight is 278 g/mol. The van der Waals surface area contributed by atoms with Crippen molar-refractivity contribution in [1.82, 2.24) is 10.2 Å². The predicted molar refractivity (Wildman–Crippen MR) is 86.5 cm³/mol. The summed E-state index contributed by atoms with van der Waals surface area (Å²) >= 11 is 0. The van der Waals surface area contributed by atoms with Crippen molar-refractivity contribution < 1.29 is 4.74 Å². The molecule has 0 aliphatic heterocycles. The number of hydrogen-bond acceptors (Lipinski definition) is 3. The van der Waals surface area contributed by atoms with Crippen molar-refractivity contribution >= 4 is 0 Å². The number of rotatable bonds is 7. The number of nitrogens with one attached hydrogen (secondary N) is 1. The molecule has 0 saturated carbocycles. The highest BCUT2D eigenvalue weighted by Gasteiger charge is 2.18. The molecule has 0 radical (unpaired) electrons. The molecule has 0 aliphatic rings. The Bertz CT molecular complexity index is 407. The van der Waals surface area contributed by atoms with Crippen molar-refractivity contribution in [3.63, 3.8) is 0 Å². The van der Waals surface area contributed by atoms with Crippen LogP contribution in [-0.2, 0) is 0 Å². The molecule has 3 heteroatoms. The fourth-order valence-electron chi connectivity index (χ4n) is 2.61. The third kappa shape index (κ3) is 4.50. The summed E-state index contributed by atoms with van der Waals surface area (Å²) in [5.41, 5.74) is 2.50. The summed E-state index contributed by atoms with van der Waals surface area (Å²) in [6.45, 7) is 9.83. The van der Waals surface area contributed by atoms with Crippen molar-refractivity contribution in [1.29, 1.82) is 0 Å². The maximum absolute atomic E-state index is 5.47. The number of hydrogen-bond donors (Lipinski definition) is 1. The molecule has 0 fully saturated rings. The quantitative estimate of drug-likeness (QED) is 0.828. The Morgan fingerprint density at radius 1 is 1.20 bits per heavy atom. The zero-order valence-corrected chi connectivity index (χ0v) is 14.0. The van der Waals surface area contributed by atoms with Gasteiger partial charge in [0.05, 0.1) is 7.11 Å². The molecule has 2 atom stereocenters. The lowest BCUT2D eigenvalue weighted by molar-refractivity contribution is 0.219. The van der Waals surface area contributed by atoms with Gasteiger partial charge in [0.15, 0.2) is 0 Å². The topological polar surface area (TPSA) is 24.5 Å². The van der Waals surface area contributed by atoms with E-state index in [0.717, 1.165) is 12.3 Å². The van der Waals surface area contributed by atoms with Crippen LogP contribution in [0, 0.1) is 12.8 Å². The largest absolute Gasteiger partial charge is 0.496 e. The zero-order valence-electron chi connectivity index (χ0n) is 14.0. The third-order valence-corrected chi connectivity index (χ3v) is 3.92. The lowest BCUT2D eigenvalue weighted by Gasteiger charge is -2.30. The van der Waals surface area contributed by atoms with E-state index in [0.29, 0.717) is 12.0 Å². The number of aryl methyl sites for hydroxylation is 1. The molecule has 3 nitrogen and oxygen atoms in total. The lowest BCUT2D eigenvalue weighted by Crippen LogP contribution is -2.42. The molecule has 0 saturated heterocycles. The number of ether oxygens (including phenoxy) is 1. The SMILES string of the molecule is COc1ccc(C)cc1C(C)NCC(C(C)C)N(C)C. The first-order valence-corrected chi connectivity index (χ1v) is 7.41. The van der Waals surface area contributed by atoms with Gasteiger partial charge in [-0.25, -0.2) is 0 Å². The van der Waals surface area contributed by atoms with Gasteiger partial charge in [0.2, 0.25) is 0 Å². The summed E-state index contributed by atoms with van der Waals surface area (Å²) in [6, 6.07) is 7.16. The molecule has 2 unspecified atom stereocenters. The molecule has 1 N–H and O–H groups in total. The number of benzene rings is 1. The Balaban J connectivity index is 2.76. The second-order valence-electron chi connectivity index (χ2n) is 6.15. The van der Waals surface area contributed by atoms with E-state index < -0.39 is 0 Å². The van der Waals surface area contributed by atoms with Gasteiger partial charge >= 0.3 is 0 Å². The highest BCUT2D eigenvalue weighted by atomic mass is 16.5. The molecule has 0 aromatic heterocycles. The molecule has 0 aliphatic carbocycles. The second-order valence-corrected chi connectivity index (χ2v) is 6.15. The Hall–Kier alpha value is -1.06. The first-order chi connectivity index (χ1) is 9.36. The fourth-order valence-corrected chi connectivity index (χ4v) is 2.61. The summed E-state index contributed by atoms with van der Waals surface area (Å²) in [5.74, 6) is 1.59. The monoisotopic (exact) mass is 278 g/mol. The van der Waals surface area contributed by atoms with Crippen LogP contribution in [0.3, 0.4) is 0 Å². The molecule has 0 spiro atoms. The van der Waals surface area contributed by atoms with Crippen LogP contribution in [0.1, 0.15) is 37.9 Å². The van der Waals surface area contributed by atoms with E-state index in [4.69, 9.17) is 4.74 Å². The molecular formula is C17H30N2O. The number of methoxy groups -OCH3 is 1. The van der Waals surface area contributed by atoms with Crippen LogP contribution in [0.5, 0.6) is 5.75 Å². The van der Waals surface area contributed by atoms with E-state index >= 15 is 0 Å². The second kappa shape index (κ2) is 7.65. The van der Waals surface area contributed by atoms with Crippen LogP contribution in [0.4, 0.5) is 0 Å². The highest BCUT2D eigenvalue weighted by molar-refractivity contribution is 5.38. The molecule has 114 valence electrons. The number of nitrogens with zero attached hydrogens (tertiary/aromatic N) is 1. The van der Waals surface area contributed by atoms with Gasteiger partial charge in [0.1, 0.15) is 5.75 Å². The molecule has 0 bridgehead atoms. The molecule has 20 heavy (non-hydrogen) atoms. The summed E-state index contributed by atoms with van der Waals surface area (Å²) in [4.78, 5) is 2.29.